The number of hydrogen-bond acceptors (Lipinski definition) is 4. The van der Waals surface area contributed by atoms with Gasteiger partial charge in [-0.1, -0.05) is 24.3 Å². The van der Waals surface area contributed by atoms with Crippen LogP contribution in [0.3, 0.4) is 0 Å². The standard InChI is InChI=1S/C28H25F3N4O3/c29-28(30,31)38-24-4-2-1-3-23(24)27(37)35-14-10-21(11-15-35)20-5-7-22(8-6-20)26(36)33-18-19-9-13-34-16-12-32-25(34)17-19/h1-9,12-13,16-17,21H,10-11,14-15,18H2,(H,33,36). The van der Waals surface area contributed by atoms with Gasteiger partial charge in [0.25, 0.3) is 11.8 Å². The highest BCUT2D eigenvalue weighted by molar-refractivity contribution is 5.97. The summed E-state index contributed by atoms with van der Waals surface area (Å²) in [6.07, 6.45) is 1.92. The molecule has 1 N–H and O–H groups in total. The molecule has 2 aromatic heterocycles. The Labute approximate surface area is 216 Å². The number of imidazole rings is 1. The number of pyridine rings is 1. The molecule has 1 fully saturated rings. The van der Waals surface area contributed by atoms with Gasteiger partial charge in [0.1, 0.15) is 11.4 Å². The van der Waals surface area contributed by atoms with Crippen molar-refractivity contribution in [1.29, 1.82) is 0 Å². The lowest BCUT2D eigenvalue weighted by Crippen LogP contribution is -2.38. The number of carbonyl (C=O) groups excluding carboxylic acids is 2. The quantitative estimate of drug-likeness (QED) is 0.379. The van der Waals surface area contributed by atoms with E-state index in [0.717, 1.165) is 22.8 Å². The summed E-state index contributed by atoms with van der Waals surface area (Å²) in [6.45, 7) is 1.20. The normalized spacial score (nSPS) is 14.4. The van der Waals surface area contributed by atoms with E-state index in [1.807, 2.05) is 41.1 Å². The average Bonchev–Trinajstić information content (AvgIpc) is 3.39. The molecule has 7 nitrogen and oxygen atoms in total. The third-order valence-electron chi connectivity index (χ3n) is 6.68. The summed E-state index contributed by atoms with van der Waals surface area (Å²) in [7, 11) is 0. The minimum atomic E-state index is -4.87. The summed E-state index contributed by atoms with van der Waals surface area (Å²) in [6, 6.07) is 16.6. The highest BCUT2D eigenvalue weighted by atomic mass is 19.4. The van der Waals surface area contributed by atoms with Crippen molar-refractivity contribution in [3.8, 4) is 5.75 Å². The Morgan fingerprint density at radius 3 is 2.47 bits per heavy atom. The largest absolute Gasteiger partial charge is 0.573 e. The van der Waals surface area contributed by atoms with Gasteiger partial charge in [-0.3, -0.25) is 9.59 Å². The number of alkyl halides is 3. The number of ether oxygens (including phenoxy) is 1. The van der Waals surface area contributed by atoms with Crippen molar-refractivity contribution in [3.63, 3.8) is 0 Å². The molecule has 4 aromatic rings. The van der Waals surface area contributed by atoms with Crippen LogP contribution in [0, 0.1) is 0 Å². The fourth-order valence-corrected chi connectivity index (χ4v) is 4.70. The fourth-order valence-electron chi connectivity index (χ4n) is 4.70. The monoisotopic (exact) mass is 522 g/mol. The van der Waals surface area contributed by atoms with Crippen molar-refractivity contribution >= 4 is 17.5 Å². The number of fused-ring (bicyclic) bond motifs is 1. The number of piperidine rings is 1. The molecule has 0 spiro atoms. The number of likely N-dealkylation sites (tertiary alicyclic amines) is 1. The van der Waals surface area contributed by atoms with Gasteiger partial charge >= 0.3 is 6.36 Å². The van der Waals surface area contributed by atoms with Crippen LogP contribution in [0.1, 0.15) is 50.6 Å². The molecule has 38 heavy (non-hydrogen) atoms. The lowest BCUT2D eigenvalue weighted by atomic mass is 9.88. The number of carbonyl (C=O) groups is 2. The molecule has 0 radical (unpaired) electrons. The first kappa shape index (κ1) is 25.3. The Morgan fingerprint density at radius 1 is 1.00 bits per heavy atom. The smallest absolute Gasteiger partial charge is 0.405 e. The van der Waals surface area contributed by atoms with Crippen LogP contribution in [-0.4, -0.2) is 45.6 Å². The number of para-hydroxylation sites is 1. The molecule has 0 bridgehead atoms. The van der Waals surface area contributed by atoms with Gasteiger partial charge in [-0.15, -0.1) is 13.2 Å². The fraction of sp³-hybridized carbons (Fsp3) is 0.250. The molecule has 196 valence electrons. The maximum absolute atomic E-state index is 12.9. The molecule has 1 saturated heterocycles. The van der Waals surface area contributed by atoms with E-state index in [4.69, 9.17) is 0 Å². The molecule has 10 heteroatoms. The van der Waals surface area contributed by atoms with Crippen molar-refractivity contribution in [2.24, 2.45) is 0 Å². The molecule has 0 aliphatic carbocycles. The van der Waals surface area contributed by atoms with Crippen molar-refractivity contribution in [2.45, 2.75) is 31.7 Å². The van der Waals surface area contributed by atoms with Crippen LogP contribution in [0.4, 0.5) is 13.2 Å². The number of halogens is 3. The van der Waals surface area contributed by atoms with E-state index in [1.54, 1.807) is 23.2 Å². The van der Waals surface area contributed by atoms with E-state index in [-0.39, 0.29) is 17.4 Å². The van der Waals surface area contributed by atoms with E-state index in [0.29, 0.717) is 38.0 Å². The molecule has 2 aromatic carbocycles. The second kappa shape index (κ2) is 10.6. The summed E-state index contributed by atoms with van der Waals surface area (Å²) in [5.41, 5.74) is 3.25. The molecule has 0 saturated carbocycles. The second-order valence-electron chi connectivity index (χ2n) is 9.14. The molecule has 2 amide bonds. The summed E-state index contributed by atoms with van der Waals surface area (Å²) < 4.78 is 44.1. The number of aromatic nitrogens is 2. The minimum Gasteiger partial charge on any atom is -0.405 e. The van der Waals surface area contributed by atoms with Gasteiger partial charge in [0.2, 0.25) is 0 Å². The van der Waals surface area contributed by atoms with Gasteiger partial charge < -0.3 is 19.4 Å². The molecular formula is C28H25F3N4O3. The number of nitrogens with one attached hydrogen (secondary N) is 1. The van der Waals surface area contributed by atoms with Gasteiger partial charge in [0.05, 0.1) is 5.56 Å². The number of nitrogens with zero attached hydrogens (tertiary/aromatic N) is 3. The van der Waals surface area contributed by atoms with Crippen LogP contribution in [0.15, 0.2) is 79.3 Å². The third kappa shape index (κ3) is 5.80. The summed E-state index contributed by atoms with van der Waals surface area (Å²) in [5, 5.41) is 2.92. The van der Waals surface area contributed by atoms with Crippen molar-refractivity contribution in [1.82, 2.24) is 19.6 Å². The number of benzene rings is 2. The number of rotatable bonds is 6. The van der Waals surface area contributed by atoms with Crippen LogP contribution in [0.25, 0.3) is 5.65 Å². The predicted octanol–water partition coefficient (Wildman–Crippen LogP) is 5.18. The average molecular weight is 523 g/mol. The molecule has 1 aliphatic heterocycles. The lowest BCUT2D eigenvalue weighted by Gasteiger charge is -2.32. The van der Waals surface area contributed by atoms with Crippen LogP contribution < -0.4 is 10.1 Å². The van der Waals surface area contributed by atoms with Gasteiger partial charge in [0, 0.05) is 43.8 Å². The van der Waals surface area contributed by atoms with Crippen molar-refractivity contribution in [2.75, 3.05) is 13.1 Å². The summed E-state index contributed by atoms with van der Waals surface area (Å²) in [4.78, 5) is 31.3. The third-order valence-corrected chi connectivity index (χ3v) is 6.68. The van der Waals surface area contributed by atoms with Crippen LogP contribution in [0.5, 0.6) is 5.75 Å². The second-order valence-corrected chi connectivity index (χ2v) is 9.14. The van der Waals surface area contributed by atoms with E-state index in [9.17, 15) is 22.8 Å². The maximum atomic E-state index is 12.9. The Morgan fingerprint density at radius 2 is 1.74 bits per heavy atom. The molecular weight excluding hydrogens is 497 g/mol. The summed E-state index contributed by atoms with van der Waals surface area (Å²) >= 11 is 0. The Bertz CT molecular complexity index is 1440. The highest BCUT2D eigenvalue weighted by Crippen LogP contribution is 2.31. The van der Waals surface area contributed by atoms with Crippen LogP contribution in [-0.2, 0) is 6.54 Å². The molecule has 3 heterocycles. The number of hydrogen-bond donors (Lipinski definition) is 1. The molecule has 5 rings (SSSR count). The first-order valence-electron chi connectivity index (χ1n) is 12.2. The first-order valence-corrected chi connectivity index (χ1v) is 12.2. The zero-order chi connectivity index (χ0) is 26.7. The Balaban J connectivity index is 1.15. The topological polar surface area (TPSA) is 75.9 Å². The van der Waals surface area contributed by atoms with E-state index < -0.39 is 18.0 Å². The highest BCUT2D eigenvalue weighted by Gasteiger charge is 2.34. The van der Waals surface area contributed by atoms with E-state index in [1.165, 1.54) is 18.2 Å². The lowest BCUT2D eigenvalue weighted by molar-refractivity contribution is -0.274. The minimum absolute atomic E-state index is 0.108. The zero-order valence-corrected chi connectivity index (χ0v) is 20.3. The van der Waals surface area contributed by atoms with Gasteiger partial charge in [-0.2, -0.15) is 0 Å². The van der Waals surface area contributed by atoms with Gasteiger partial charge in [0.15, 0.2) is 0 Å². The van der Waals surface area contributed by atoms with Gasteiger partial charge in [-0.25, -0.2) is 4.98 Å². The zero-order valence-electron chi connectivity index (χ0n) is 20.3. The number of amides is 2. The van der Waals surface area contributed by atoms with Crippen molar-refractivity contribution in [3.05, 3.63) is 102 Å². The van der Waals surface area contributed by atoms with Crippen LogP contribution >= 0.6 is 0 Å². The van der Waals surface area contributed by atoms with Gasteiger partial charge in [-0.05, 0) is 66.3 Å². The first-order chi connectivity index (χ1) is 18.3. The van der Waals surface area contributed by atoms with E-state index in [2.05, 4.69) is 15.0 Å². The molecule has 0 unspecified atom stereocenters. The SMILES string of the molecule is O=C(NCc1ccn2ccnc2c1)c1ccc(C2CCN(C(=O)c3ccccc3OC(F)(F)F)CC2)cc1. The van der Waals surface area contributed by atoms with Crippen LogP contribution in [0.2, 0.25) is 0 Å². The Hall–Kier alpha value is -4.34. The van der Waals surface area contributed by atoms with Crippen molar-refractivity contribution < 1.29 is 27.5 Å². The summed E-state index contributed by atoms with van der Waals surface area (Å²) in [5.74, 6) is -0.982. The predicted molar refractivity (Wildman–Crippen MR) is 134 cm³/mol. The Kier molecular flexibility index (Phi) is 7.04. The molecule has 0 atom stereocenters. The van der Waals surface area contributed by atoms with E-state index >= 15 is 0 Å². The molecule has 1 aliphatic rings. The maximum Gasteiger partial charge on any atom is 0.573 e.